The minimum Gasteiger partial charge on any atom is -0.316 e. The average Bonchev–Trinajstić information content (AvgIpc) is 2.07. The van der Waals surface area contributed by atoms with Gasteiger partial charge in [0.2, 0.25) is 0 Å². The Hall–Kier alpha value is -0.120. The number of piperidine rings is 1. The molecule has 0 radical (unpaired) electrons. The average molecular weight is 155 g/mol. The Morgan fingerprint density at radius 1 is 0.909 bits per heavy atom. The molecule has 0 atom stereocenters. The predicted molar refractivity (Wildman–Crippen MR) is 45.4 cm³/mol. The van der Waals surface area contributed by atoms with Crippen molar-refractivity contribution in [2.45, 2.75) is 12.8 Å². The monoisotopic (exact) mass is 155 g/mol. The van der Waals surface area contributed by atoms with E-state index in [1.165, 1.54) is 39.0 Å². The fourth-order valence-corrected chi connectivity index (χ4v) is 2.14. The molecule has 0 aromatic heterocycles. The summed E-state index contributed by atoms with van der Waals surface area (Å²) in [6.45, 7) is 5.76. The van der Waals surface area contributed by atoms with Crippen LogP contribution in [-0.2, 0) is 0 Å². The Kier molecular flexibility index (Phi) is 2.11. The lowest BCUT2D eigenvalue weighted by Gasteiger charge is -2.41. The van der Waals surface area contributed by atoms with E-state index in [4.69, 9.17) is 0 Å². The zero-order valence-corrected chi connectivity index (χ0v) is 6.95. The van der Waals surface area contributed by atoms with Crippen LogP contribution in [0.1, 0.15) is 12.8 Å². The smallest absolute Gasteiger partial charge is 0.0454 e. The highest BCUT2D eigenvalue weighted by atomic mass is 15.1. The molecule has 0 unspecified atom stereocenters. The van der Waals surface area contributed by atoms with Gasteiger partial charge in [0.05, 0.1) is 0 Å². The maximum absolute atomic E-state index is 3.47. The summed E-state index contributed by atoms with van der Waals surface area (Å²) in [5.41, 5.74) is 0.524. The van der Waals surface area contributed by atoms with Crippen LogP contribution < -0.4 is 16.0 Å². The quantitative estimate of drug-likeness (QED) is 0.441. The van der Waals surface area contributed by atoms with Crippen molar-refractivity contribution in [3.63, 3.8) is 0 Å². The van der Waals surface area contributed by atoms with Crippen LogP contribution >= 0.6 is 0 Å². The van der Waals surface area contributed by atoms with E-state index < -0.39 is 0 Å². The Labute approximate surface area is 67.9 Å². The second-order valence-electron chi connectivity index (χ2n) is 3.81. The summed E-state index contributed by atoms with van der Waals surface area (Å²) in [5.74, 6) is 0. The van der Waals surface area contributed by atoms with Crippen LogP contribution in [0, 0.1) is 5.41 Å². The van der Waals surface area contributed by atoms with E-state index in [1.807, 2.05) is 0 Å². The molecule has 3 heteroatoms. The maximum atomic E-state index is 3.47. The van der Waals surface area contributed by atoms with Crippen molar-refractivity contribution >= 4 is 0 Å². The molecule has 0 bridgehead atoms. The van der Waals surface area contributed by atoms with Crippen LogP contribution in [0.25, 0.3) is 0 Å². The molecular weight excluding hydrogens is 138 g/mol. The largest absolute Gasteiger partial charge is 0.316 e. The lowest BCUT2D eigenvalue weighted by molar-refractivity contribution is 0.164. The van der Waals surface area contributed by atoms with Crippen LogP contribution in [0.2, 0.25) is 0 Å². The molecule has 3 nitrogen and oxygen atoms in total. The molecule has 2 fully saturated rings. The van der Waals surface area contributed by atoms with Crippen molar-refractivity contribution in [1.82, 2.24) is 16.0 Å². The highest BCUT2D eigenvalue weighted by Gasteiger charge is 2.32. The number of hydrogen-bond donors (Lipinski definition) is 3. The molecule has 1 spiro atoms. The number of hydrogen-bond acceptors (Lipinski definition) is 3. The minimum absolute atomic E-state index is 0.524. The molecule has 2 saturated heterocycles. The summed E-state index contributed by atoms with van der Waals surface area (Å²) in [4.78, 5) is 0. The van der Waals surface area contributed by atoms with Gasteiger partial charge in [-0.05, 0) is 19.4 Å². The highest BCUT2D eigenvalue weighted by Crippen LogP contribution is 2.25. The van der Waals surface area contributed by atoms with Crippen LogP contribution in [0.15, 0.2) is 0 Å². The second kappa shape index (κ2) is 3.09. The SMILES string of the molecule is C1CNCC2(C1)CNCNC2. The first-order valence-corrected chi connectivity index (χ1v) is 4.54. The van der Waals surface area contributed by atoms with Gasteiger partial charge in [0.25, 0.3) is 0 Å². The van der Waals surface area contributed by atoms with Crippen molar-refractivity contribution in [2.24, 2.45) is 5.41 Å². The van der Waals surface area contributed by atoms with Gasteiger partial charge >= 0.3 is 0 Å². The summed E-state index contributed by atoms with van der Waals surface area (Å²) in [5, 5.41) is 10.3. The topological polar surface area (TPSA) is 36.1 Å². The van der Waals surface area contributed by atoms with E-state index in [9.17, 15) is 0 Å². The zero-order chi connectivity index (χ0) is 7.57. The Morgan fingerprint density at radius 2 is 1.64 bits per heavy atom. The van der Waals surface area contributed by atoms with E-state index in [0.29, 0.717) is 5.41 Å². The third-order valence-corrected chi connectivity index (χ3v) is 2.81. The van der Waals surface area contributed by atoms with E-state index in [1.54, 1.807) is 0 Å². The maximum Gasteiger partial charge on any atom is 0.0454 e. The molecule has 64 valence electrons. The fraction of sp³-hybridized carbons (Fsp3) is 1.00. The molecule has 2 aliphatic heterocycles. The van der Waals surface area contributed by atoms with Crippen molar-refractivity contribution in [2.75, 3.05) is 32.8 Å². The van der Waals surface area contributed by atoms with E-state index in [2.05, 4.69) is 16.0 Å². The van der Waals surface area contributed by atoms with Gasteiger partial charge in [-0.15, -0.1) is 0 Å². The summed E-state index contributed by atoms with van der Waals surface area (Å²) in [6, 6.07) is 0. The van der Waals surface area contributed by atoms with Gasteiger partial charge in [-0.1, -0.05) is 0 Å². The normalized spacial score (nSPS) is 30.5. The van der Waals surface area contributed by atoms with Crippen molar-refractivity contribution in [1.29, 1.82) is 0 Å². The van der Waals surface area contributed by atoms with Gasteiger partial charge in [-0.3, -0.25) is 0 Å². The number of nitrogens with one attached hydrogen (secondary N) is 3. The molecule has 2 rings (SSSR count). The third kappa shape index (κ3) is 1.55. The van der Waals surface area contributed by atoms with Gasteiger partial charge in [-0.25, -0.2) is 0 Å². The minimum atomic E-state index is 0.524. The van der Waals surface area contributed by atoms with Crippen molar-refractivity contribution in [3.8, 4) is 0 Å². The Bertz CT molecular complexity index is 104. The molecular formula is C8H17N3. The van der Waals surface area contributed by atoms with Gasteiger partial charge in [-0.2, -0.15) is 0 Å². The summed E-state index contributed by atoms with van der Waals surface area (Å²) >= 11 is 0. The first kappa shape index (κ1) is 7.53. The molecule has 2 aliphatic rings. The summed E-state index contributed by atoms with van der Waals surface area (Å²) in [6.07, 6.45) is 2.71. The molecule has 0 saturated carbocycles. The third-order valence-electron chi connectivity index (χ3n) is 2.81. The standard InChI is InChI=1S/C8H17N3/c1-2-8(4-9-3-1)5-10-7-11-6-8/h9-11H,1-7H2. The predicted octanol–water partition coefficient (Wildman–Crippen LogP) is -0.493. The molecule has 0 aliphatic carbocycles. The molecule has 2 heterocycles. The van der Waals surface area contributed by atoms with Crippen molar-refractivity contribution < 1.29 is 0 Å². The first-order valence-electron chi connectivity index (χ1n) is 4.54. The second-order valence-corrected chi connectivity index (χ2v) is 3.81. The highest BCUT2D eigenvalue weighted by molar-refractivity contribution is 4.91. The Morgan fingerprint density at radius 3 is 2.27 bits per heavy atom. The lowest BCUT2D eigenvalue weighted by Crippen LogP contribution is -2.57. The van der Waals surface area contributed by atoms with E-state index >= 15 is 0 Å². The molecule has 3 N–H and O–H groups in total. The van der Waals surface area contributed by atoms with Gasteiger partial charge < -0.3 is 16.0 Å². The number of rotatable bonds is 0. The molecule has 11 heavy (non-hydrogen) atoms. The van der Waals surface area contributed by atoms with Crippen LogP contribution in [0.3, 0.4) is 0 Å². The van der Waals surface area contributed by atoms with E-state index in [-0.39, 0.29) is 0 Å². The first-order chi connectivity index (χ1) is 5.41. The van der Waals surface area contributed by atoms with Gasteiger partial charge in [0, 0.05) is 31.7 Å². The molecule has 0 aromatic rings. The molecule has 0 aromatic carbocycles. The van der Waals surface area contributed by atoms with Gasteiger partial charge in [0.15, 0.2) is 0 Å². The summed E-state index contributed by atoms with van der Waals surface area (Å²) in [7, 11) is 0. The van der Waals surface area contributed by atoms with Gasteiger partial charge in [0.1, 0.15) is 0 Å². The van der Waals surface area contributed by atoms with Crippen LogP contribution in [-0.4, -0.2) is 32.8 Å². The van der Waals surface area contributed by atoms with Crippen LogP contribution in [0.5, 0.6) is 0 Å². The summed E-state index contributed by atoms with van der Waals surface area (Å²) < 4.78 is 0. The fourth-order valence-electron chi connectivity index (χ4n) is 2.14. The van der Waals surface area contributed by atoms with Crippen LogP contribution in [0.4, 0.5) is 0 Å². The molecule has 0 amide bonds. The van der Waals surface area contributed by atoms with E-state index in [0.717, 1.165) is 6.67 Å². The van der Waals surface area contributed by atoms with Crippen molar-refractivity contribution in [3.05, 3.63) is 0 Å². The zero-order valence-electron chi connectivity index (χ0n) is 6.95. The Balaban J connectivity index is 1.94. The lowest BCUT2D eigenvalue weighted by atomic mass is 9.80.